The van der Waals surface area contributed by atoms with Gasteiger partial charge in [0.05, 0.1) is 12.1 Å². The number of nitrogens with one attached hydrogen (secondary N) is 1. The van der Waals surface area contributed by atoms with Gasteiger partial charge in [0.2, 0.25) is 0 Å². The lowest BCUT2D eigenvalue weighted by Gasteiger charge is -2.36. The first kappa shape index (κ1) is 12.4. The van der Waals surface area contributed by atoms with E-state index in [1.807, 2.05) is 18.9 Å². The Morgan fingerprint density at radius 3 is 2.67 bits per heavy atom. The molecular formula is C10H21N3O2. The second-order valence-electron chi connectivity index (χ2n) is 4.36. The normalized spacial score (nSPS) is 27.3. The average molecular weight is 215 g/mol. The average Bonchev–Trinajstić information content (AvgIpc) is 2.16. The fourth-order valence-electron chi connectivity index (χ4n) is 2.18. The van der Waals surface area contributed by atoms with Crippen molar-refractivity contribution in [3.8, 4) is 0 Å². The third kappa shape index (κ3) is 3.15. The van der Waals surface area contributed by atoms with Crippen LogP contribution in [0.3, 0.4) is 0 Å². The van der Waals surface area contributed by atoms with Gasteiger partial charge in [-0.05, 0) is 32.2 Å². The molecule has 0 aliphatic heterocycles. The van der Waals surface area contributed by atoms with Crippen molar-refractivity contribution in [2.45, 2.75) is 38.3 Å². The van der Waals surface area contributed by atoms with Crippen molar-refractivity contribution in [3.05, 3.63) is 0 Å². The van der Waals surface area contributed by atoms with Crippen LogP contribution in [0.4, 0.5) is 0 Å². The molecule has 0 bridgehead atoms. The summed E-state index contributed by atoms with van der Waals surface area (Å²) in [5, 5.41) is 9.16. The Hall–Kier alpha value is -0.650. The number of hydrazine groups is 1. The van der Waals surface area contributed by atoms with Crippen molar-refractivity contribution < 1.29 is 9.90 Å². The first-order valence-electron chi connectivity index (χ1n) is 5.47. The van der Waals surface area contributed by atoms with Gasteiger partial charge >= 0.3 is 0 Å². The van der Waals surface area contributed by atoms with E-state index < -0.39 is 0 Å². The van der Waals surface area contributed by atoms with Crippen LogP contribution in [0.15, 0.2) is 0 Å². The Morgan fingerprint density at radius 1 is 1.67 bits per heavy atom. The summed E-state index contributed by atoms with van der Waals surface area (Å²) in [5.74, 6) is 5.50. The summed E-state index contributed by atoms with van der Waals surface area (Å²) in [5.41, 5.74) is 2.18. The molecule has 1 aliphatic carbocycles. The number of amides is 1. The summed E-state index contributed by atoms with van der Waals surface area (Å²) >= 11 is 0. The molecule has 88 valence electrons. The number of aliphatic hydroxyl groups excluding tert-OH is 1. The van der Waals surface area contributed by atoms with Crippen molar-refractivity contribution in [2.24, 2.45) is 11.8 Å². The van der Waals surface area contributed by atoms with E-state index in [-0.39, 0.29) is 18.1 Å². The zero-order chi connectivity index (χ0) is 11.4. The molecule has 0 aromatic carbocycles. The number of carbonyl (C=O) groups is 1. The lowest BCUT2D eigenvalue weighted by Crippen LogP contribution is -2.50. The Morgan fingerprint density at radius 2 is 2.27 bits per heavy atom. The standard InChI is InChI=1S/C10H21N3O2/c1-3-9(10(15)12-11)13(2)6-7-4-8(14)5-7/h7-9,14H,3-6,11H2,1-2H3,(H,12,15). The predicted octanol–water partition coefficient (Wildman–Crippen LogP) is -0.542. The van der Waals surface area contributed by atoms with Crippen LogP contribution in [0.1, 0.15) is 26.2 Å². The first-order chi connectivity index (χ1) is 7.08. The number of nitrogens with two attached hydrogens (primary N) is 1. The number of likely N-dealkylation sites (N-methyl/N-ethyl adjacent to an activating group) is 1. The third-order valence-corrected chi connectivity index (χ3v) is 3.12. The Bertz CT molecular complexity index is 217. The summed E-state index contributed by atoms with van der Waals surface area (Å²) in [4.78, 5) is 13.4. The highest BCUT2D eigenvalue weighted by Gasteiger charge is 2.30. The molecule has 0 radical (unpaired) electrons. The van der Waals surface area contributed by atoms with Gasteiger partial charge in [-0.15, -0.1) is 0 Å². The molecule has 0 spiro atoms. The van der Waals surface area contributed by atoms with E-state index in [9.17, 15) is 4.79 Å². The number of hydrogen-bond donors (Lipinski definition) is 3. The van der Waals surface area contributed by atoms with Gasteiger partial charge in [0.25, 0.3) is 5.91 Å². The van der Waals surface area contributed by atoms with Gasteiger partial charge in [-0.1, -0.05) is 6.92 Å². The molecule has 1 unspecified atom stereocenters. The van der Waals surface area contributed by atoms with Crippen molar-refractivity contribution in [1.82, 2.24) is 10.3 Å². The second-order valence-corrected chi connectivity index (χ2v) is 4.36. The van der Waals surface area contributed by atoms with Gasteiger partial charge in [-0.2, -0.15) is 0 Å². The zero-order valence-corrected chi connectivity index (χ0v) is 9.44. The van der Waals surface area contributed by atoms with E-state index in [0.717, 1.165) is 25.8 Å². The lowest BCUT2D eigenvalue weighted by atomic mass is 9.82. The molecule has 1 rings (SSSR count). The van der Waals surface area contributed by atoms with Gasteiger partial charge in [-0.25, -0.2) is 5.84 Å². The van der Waals surface area contributed by atoms with Gasteiger partial charge in [0.15, 0.2) is 0 Å². The molecule has 1 fully saturated rings. The van der Waals surface area contributed by atoms with Crippen LogP contribution in [-0.2, 0) is 4.79 Å². The topological polar surface area (TPSA) is 78.6 Å². The van der Waals surface area contributed by atoms with Crippen LogP contribution in [0.2, 0.25) is 0 Å². The van der Waals surface area contributed by atoms with Crippen LogP contribution >= 0.6 is 0 Å². The molecule has 5 heteroatoms. The zero-order valence-electron chi connectivity index (χ0n) is 9.44. The molecule has 0 heterocycles. The van der Waals surface area contributed by atoms with E-state index >= 15 is 0 Å². The third-order valence-electron chi connectivity index (χ3n) is 3.12. The highest BCUT2D eigenvalue weighted by atomic mass is 16.3. The molecular weight excluding hydrogens is 194 g/mol. The molecule has 1 saturated carbocycles. The summed E-state index contributed by atoms with van der Waals surface area (Å²) in [6.45, 7) is 2.81. The van der Waals surface area contributed by atoms with Crippen molar-refractivity contribution in [3.63, 3.8) is 0 Å². The van der Waals surface area contributed by atoms with Crippen LogP contribution in [0.5, 0.6) is 0 Å². The van der Waals surface area contributed by atoms with E-state index in [2.05, 4.69) is 5.43 Å². The molecule has 0 aromatic heterocycles. The number of rotatable bonds is 5. The summed E-state index contributed by atoms with van der Waals surface area (Å²) in [7, 11) is 1.92. The predicted molar refractivity (Wildman–Crippen MR) is 57.8 cm³/mol. The molecule has 0 saturated heterocycles. The highest BCUT2D eigenvalue weighted by molar-refractivity contribution is 5.80. The minimum atomic E-state index is -0.159. The van der Waals surface area contributed by atoms with E-state index in [4.69, 9.17) is 10.9 Å². The SMILES string of the molecule is CCC(C(=O)NN)N(C)CC1CC(O)C1. The lowest BCUT2D eigenvalue weighted by molar-refractivity contribution is -0.126. The molecule has 15 heavy (non-hydrogen) atoms. The smallest absolute Gasteiger partial charge is 0.251 e. The number of hydrogen-bond acceptors (Lipinski definition) is 4. The van der Waals surface area contributed by atoms with E-state index in [1.54, 1.807) is 0 Å². The minimum Gasteiger partial charge on any atom is -0.393 e. The summed E-state index contributed by atoms with van der Waals surface area (Å²) in [6.07, 6.45) is 2.32. The van der Waals surface area contributed by atoms with Gasteiger partial charge in [0.1, 0.15) is 0 Å². The number of carbonyl (C=O) groups excluding carboxylic acids is 1. The summed E-state index contributed by atoms with van der Waals surface area (Å²) in [6, 6.07) is -0.159. The van der Waals surface area contributed by atoms with Gasteiger partial charge < -0.3 is 5.11 Å². The molecule has 4 N–H and O–H groups in total. The minimum absolute atomic E-state index is 0.133. The molecule has 0 aromatic rings. The Balaban J connectivity index is 2.36. The molecule has 5 nitrogen and oxygen atoms in total. The first-order valence-corrected chi connectivity index (χ1v) is 5.47. The van der Waals surface area contributed by atoms with Crippen molar-refractivity contribution in [2.75, 3.05) is 13.6 Å². The van der Waals surface area contributed by atoms with Gasteiger partial charge in [-0.3, -0.25) is 15.1 Å². The highest BCUT2D eigenvalue weighted by Crippen LogP contribution is 2.28. The molecule has 1 atom stereocenters. The fraction of sp³-hybridized carbons (Fsp3) is 0.900. The fourth-order valence-corrected chi connectivity index (χ4v) is 2.18. The van der Waals surface area contributed by atoms with Crippen LogP contribution in [0, 0.1) is 5.92 Å². The Kier molecular flexibility index (Phi) is 4.50. The molecule has 1 aliphatic rings. The van der Waals surface area contributed by atoms with Crippen LogP contribution in [0.25, 0.3) is 0 Å². The monoisotopic (exact) mass is 215 g/mol. The quantitative estimate of drug-likeness (QED) is 0.327. The second kappa shape index (κ2) is 5.44. The van der Waals surface area contributed by atoms with E-state index in [0.29, 0.717) is 5.92 Å². The maximum absolute atomic E-state index is 11.4. The number of nitrogens with zero attached hydrogens (tertiary/aromatic N) is 1. The van der Waals surface area contributed by atoms with Crippen molar-refractivity contribution in [1.29, 1.82) is 0 Å². The van der Waals surface area contributed by atoms with E-state index in [1.165, 1.54) is 0 Å². The maximum Gasteiger partial charge on any atom is 0.251 e. The van der Waals surface area contributed by atoms with Crippen LogP contribution < -0.4 is 11.3 Å². The van der Waals surface area contributed by atoms with Crippen LogP contribution in [-0.4, -0.2) is 41.7 Å². The molecule has 1 amide bonds. The van der Waals surface area contributed by atoms with Crippen molar-refractivity contribution >= 4 is 5.91 Å². The maximum atomic E-state index is 11.4. The van der Waals surface area contributed by atoms with Gasteiger partial charge in [0, 0.05) is 6.54 Å². The Labute approximate surface area is 90.6 Å². The largest absolute Gasteiger partial charge is 0.393 e. The summed E-state index contributed by atoms with van der Waals surface area (Å²) < 4.78 is 0. The number of aliphatic hydroxyl groups is 1.